The number of halogens is 1. The number of nitrogens with one attached hydrogen (secondary N) is 1. The Morgan fingerprint density at radius 2 is 2.04 bits per heavy atom. The first kappa shape index (κ1) is 18.9. The van der Waals surface area contributed by atoms with Gasteiger partial charge in [0.2, 0.25) is 0 Å². The summed E-state index contributed by atoms with van der Waals surface area (Å²) < 4.78 is 9.82. The molecule has 1 aliphatic heterocycles. The van der Waals surface area contributed by atoms with Crippen molar-refractivity contribution in [3.63, 3.8) is 0 Å². The first-order chi connectivity index (χ1) is 12.0. The molecule has 0 aliphatic carbocycles. The zero-order valence-corrected chi connectivity index (χ0v) is 15.5. The van der Waals surface area contributed by atoms with E-state index in [4.69, 9.17) is 4.74 Å². The molecule has 0 atom stereocenters. The monoisotopic (exact) mass is 425 g/mol. The highest BCUT2D eigenvalue weighted by Crippen LogP contribution is 2.24. The Labute approximate surface area is 155 Å². The number of nitrogens with zero attached hydrogens (tertiary/aromatic N) is 2. The number of amides is 1. The van der Waals surface area contributed by atoms with E-state index in [9.17, 15) is 14.4 Å². The second-order valence-electron chi connectivity index (χ2n) is 4.43. The number of esters is 2. The van der Waals surface area contributed by atoms with Gasteiger partial charge in [-0.25, -0.2) is 9.59 Å². The van der Waals surface area contributed by atoms with E-state index >= 15 is 0 Å². The minimum absolute atomic E-state index is 0.150. The second-order valence-corrected chi connectivity index (χ2v) is 6.32. The topological polar surface area (TPSA) is 106 Å². The Bertz CT molecular complexity index is 819. The van der Waals surface area contributed by atoms with Gasteiger partial charge in [0.05, 0.1) is 30.9 Å². The minimum Gasteiger partial charge on any atom is -0.466 e. The molecule has 0 spiro atoms. The quantitative estimate of drug-likeness (QED) is 0.341. The molecule has 2 rings (SSSR count). The molecule has 130 valence electrons. The molecule has 1 aromatic rings. The Morgan fingerprint density at radius 1 is 1.28 bits per heavy atom. The molecule has 25 heavy (non-hydrogen) atoms. The van der Waals surface area contributed by atoms with Crippen LogP contribution in [0.3, 0.4) is 0 Å². The molecule has 0 bridgehead atoms. The van der Waals surface area contributed by atoms with Crippen molar-refractivity contribution in [2.45, 2.75) is 0 Å². The minimum atomic E-state index is -0.640. The zero-order chi connectivity index (χ0) is 18.4. The molecule has 0 aromatic heterocycles. The third kappa shape index (κ3) is 4.77. The normalized spacial score (nSPS) is 17.2. The van der Waals surface area contributed by atoms with Crippen molar-refractivity contribution in [3.05, 3.63) is 44.8 Å². The number of hydrogen-bond donors (Lipinski definition) is 1. The molecular formula is C15H12BrN3O5S. The van der Waals surface area contributed by atoms with Crippen LogP contribution in [0.5, 0.6) is 0 Å². The van der Waals surface area contributed by atoms with Gasteiger partial charge in [0.15, 0.2) is 5.17 Å². The van der Waals surface area contributed by atoms with Crippen LogP contribution < -0.4 is 5.32 Å². The number of amidine groups is 1. The lowest BCUT2D eigenvalue weighted by molar-refractivity contribution is -0.135. The van der Waals surface area contributed by atoms with E-state index in [0.717, 1.165) is 17.8 Å². The van der Waals surface area contributed by atoms with Crippen LogP contribution in [0.15, 0.2) is 43.9 Å². The molecule has 10 heteroatoms. The van der Waals surface area contributed by atoms with Crippen molar-refractivity contribution < 1.29 is 23.9 Å². The maximum Gasteiger partial charge on any atom is 0.338 e. The van der Waals surface area contributed by atoms with E-state index < -0.39 is 17.8 Å². The van der Waals surface area contributed by atoms with Crippen molar-refractivity contribution in [2.24, 2.45) is 10.2 Å². The van der Waals surface area contributed by atoms with Gasteiger partial charge < -0.3 is 9.47 Å². The van der Waals surface area contributed by atoms with Gasteiger partial charge in [-0.3, -0.25) is 10.1 Å². The molecule has 8 nitrogen and oxygen atoms in total. The van der Waals surface area contributed by atoms with Crippen molar-refractivity contribution in [2.75, 3.05) is 14.2 Å². The molecule has 1 fully saturated rings. The summed E-state index contributed by atoms with van der Waals surface area (Å²) in [5.41, 5.74) is 0.800. The van der Waals surface area contributed by atoms with E-state index in [1.165, 1.54) is 20.4 Å². The molecule has 1 N–H and O–H groups in total. The highest BCUT2D eigenvalue weighted by molar-refractivity contribution is 9.10. The summed E-state index contributed by atoms with van der Waals surface area (Å²) in [5.74, 6) is -1.62. The maximum absolute atomic E-state index is 11.8. The van der Waals surface area contributed by atoms with Crippen molar-refractivity contribution in [3.8, 4) is 0 Å². The fraction of sp³-hybridized carbons (Fsp3) is 0.133. The van der Waals surface area contributed by atoms with Gasteiger partial charge in [-0.15, -0.1) is 5.10 Å². The summed E-state index contributed by atoms with van der Waals surface area (Å²) in [4.78, 5) is 34.8. The highest BCUT2D eigenvalue weighted by Gasteiger charge is 2.25. The molecule has 1 aromatic carbocycles. The van der Waals surface area contributed by atoms with Crippen LogP contribution in [0.2, 0.25) is 0 Å². The molecule has 1 heterocycles. The van der Waals surface area contributed by atoms with Gasteiger partial charge in [0, 0.05) is 16.1 Å². The van der Waals surface area contributed by atoms with Gasteiger partial charge in [-0.1, -0.05) is 22.0 Å². The third-order valence-corrected chi connectivity index (χ3v) is 4.49. The number of rotatable bonds is 4. The molecule has 0 radical (unpaired) electrons. The summed E-state index contributed by atoms with van der Waals surface area (Å²) in [6.45, 7) is 0. The lowest BCUT2D eigenvalue weighted by Gasteiger charge is -2.04. The molecule has 1 aliphatic rings. The Balaban J connectivity index is 2.21. The van der Waals surface area contributed by atoms with Crippen molar-refractivity contribution in [1.29, 1.82) is 0 Å². The predicted molar refractivity (Wildman–Crippen MR) is 96.3 cm³/mol. The van der Waals surface area contributed by atoms with Crippen LogP contribution in [0.1, 0.15) is 15.9 Å². The molecule has 1 amide bonds. The summed E-state index contributed by atoms with van der Waals surface area (Å²) in [6.07, 6.45) is 2.42. The van der Waals surface area contributed by atoms with Crippen LogP contribution in [0.25, 0.3) is 0 Å². The molecule has 0 unspecified atom stereocenters. The first-order valence-electron chi connectivity index (χ1n) is 6.73. The largest absolute Gasteiger partial charge is 0.466 e. The van der Waals surface area contributed by atoms with E-state index in [1.54, 1.807) is 18.2 Å². The first-order valence-corrected chi connectivity index (χ1v) is 8.34. The standard InChI is InChI=1S/C15H12BrN3O5S/c1-23-12(20)6-11-13(21)18-15(25-11)19-17-7-9-8(14(22)24-2)4-3-5-10(9)16/h3-7H,1-2H3,(H,18,19,21)/b11-6+,17-7?. The number of carbonyl (C=O) groups is 3. The van der Waals surface area contributed by atoms with Gasteiger partial charge in [0.25, 0.3) is 5.91 Å². The number of ether oxygens (including phenoxy) is 2. The average Bonchev–Trinajstić information content (AvgIpc) is 2.94. The second kappa shape index (κ2) is 8.58. The highest BCUT2D eigenvalue weighted by atomic mass is 79.9. The van der Waals surface area contributed by atoms with Crippen molar-refractivity contribution in [1.82, 2.24) is 5.32 Å². The molecule has 0 saturated carbocycles. The third-order valence-electron chi connectivity index (χ3n) is 2.89. The van der Waals surface area contributed by atoms with Crippen LogP contribution in [0.4, 0.5) is 0 Å². The summed E-state index contributed by atoms with van der Waals surface area (Å²) in [5, 5.41) is 10.4. The summed E-state index contributed by atoms with van der Waals surface area (Å²) in [6, 6.07) is 5.02. The van der Waals surface area contributed by atoms with E-state index in [0.29, 0.717) is 15.6 Å². The van der Waals surface area contributed by atoms with Crippen LogP contribution in [-0.4, -0.2) is 43.4 Å². The number of carbonyl (C=O) groups excluding carboxylic acids is 3. The Kier molecular flexibility index (Phi) is 6.48. The number of methoxy groups -OCH3 is 2. The van der Waals surface area contributed by atoms with Gasteiger partial charge >= 0.3 is 11.9 Å². The number of thioether (sulfide) groups is 1. The smallest absolute Gasteiger partial charge is 0.338 e. The number of hydrogen-bond acceptors (Lipinski definition) is 8. The lowest BCUT2D eigenvalue weighted by atomic mass is 10.1. The van der Waals surface area contributed by atoms with Gasteiger partial charge in [0.1, 0.15) is 0 Å². The van der Waals surface area contributed by atoms with Gasteiger partial charge in [-0.2, -0.15) is 5.10 Å². The zero-order valence-electron chi connectivity index (χ0n) is 13.1. The summed E-state index contributed by atoms with van der Waals surface area (Å²) >= 11 is 4.28. The van der Waals surface area contributed by atoms with Crippen LogP contribution in [-0.2, 0) is 19.1 Å². The van der Waals surface area contributed by atoms with E-state index in [2.05, 4.69) is 36.2 Å². The molecular weight excluding hydrogens is 414 g/mol. The van der Waals surface area contributed by atoms with Crippen LogP contribution in [0, 0.1) is 0 Å². The van der Waals surface area contributed by atoms with E-state index in [1.807, 2.05) is 0 Å². The summed E-state index contributed by atoms with van der Waals surface area (Å²) in [7, 11) is 2.50. The Morgan fingerprint density at radius 3 is 2.72 bits per heavy atom. The predicted octanol–water partition coefficient (Wildman–Crippen LogP) is 1.85. The molecule has 1 saturated heterocycles. The maximum atomic E-state index is 11.8. The van der Waals surface area contributed by atoms with E-state index in [-0.39, 0.29) is 10.1 Å². The van der Waals surface area contributed by atoms with Crippen molar-refractivity contribution >= 4 is 56.9 Å². The van der Waals surface area contributed by atoms with Gasteiger partial charge in [-0.05, 0) is 23.9 Å². The fourth-order valence-electron chi connectivity index (χ4n) is 1.74. The lowest BCUT2D eigenvalue weighted by Crippen LogP contribution is -2.19. The van der Waals surface area contributed by atoms with Crippen LogP contribution >= 0.6 is 27.7 Å². The SMILES string of the molecule is COC(=O)/C=C1/S/C(=N\N=Cc2c(Br)cccc2C(=O)OC)NC1=O. The average molecular weight is 426 g/mol. The Hall–Kier alpha value is -2.46. The number of benzene rings is 1. The fourth-order valence-corrected chi connectivity index (χ4v) is 2.94.